The molecule has 0 N–H and O–H groups in total. The number of aryl methyl sites for hydroxylation is 2. The van der Waals surface area contributed by atoms with E-state index in [1.54, 1.807) is 18.7 Å². The number of sulfonamides is 1. The van der Waals surface area contributed by atoms with Crippen molar-refractivity contribution in [3.05, 3.63) is 41.7 Å². The molecule has 1 aliphatic rings. The minimum atomic E-state index is -3.54. The Morgan fingerprint density at radius 2 is 2.00 bits per heavy atom. The molecular formula is C14H17N3O2S. The van der Waals surface area contributed by atoms with Crippen molar-refractivity contribution in [2.45, 2.75) is 24.7 Å². The number of aromatic nitrogens is 2. The average Bonchev–Trinajstić information content (AvgIpc) is 2.79. The van der Waals surface area contributed by atoms with Crippen molar-refractivity contribution >= 4 is 15.7 Å². The van der Waals surface area contributed by atoms with Gasteiger partial charge in [0.25, 0.3) is 10.0 Å². The second kappa shape index (κ2) is 4.63. The van der Waals surface area contributed by atoms with Gasteiger partial charge in [0.05, 0.1) is 17.6 Å². The molecule has 20 heavy (non-hydrogen) atoms. The van der Waals surface area contributed by atoms with Crippen molar-refractivity contribution in [3.8, 4) is 0 Å². The molecular weight excluding hydrogens is 274 g/mol. The van der Waals surface area contributed by atoms with Crippen LogP contribution >= 0.6 is 0 Å². The van der Waals surface area contributed by atoms with E-state index in [0.717, 1.165) is 24.1 Å². The Labute approximate surface area is 118 Å². The second-order valence-electron chi connectivity index (χ2n) is 5.03. The topological polar surface area (TPSA) is 55.2 Å². The Morgan fingerprint density at radius 1 is 1.25 bits per heavy atom. The Morgan fingerprint density at radius 3 is 2.70 bits per heavy atom. The van der Waals surface area contributed by atoms with E-state index >= 15 is 0 Å². The van der Waals surface area contributed by atoms with Crippen LogP contribution in [0.2, 0.25) is 0 Å². The standard InChI is InChI=1S/C14H17N3O2S/c1-11-14(10-15-16(11)2)20(18,19)17-9-5-7-12-6-3-4-8-13(12)17/h3-4,6,8,10H,5,7,9H2,1-2H3. The molecule has 0 saturated heterocycles. The van der Waals surface area contributed by atoms with Crippen molar-refractivity contribution < 1.29 is 8.42 Å². The number of fused-ring (bicyclic) bond motifs is 1. The fourth-order valence-electron chi connectivity index (χ4n) is 2.60. The summed E-state index contributed by atoms with van der Waals surface area (Å²) in [6, 6.07) is 7.69. The fourth-order valence-corrected chi connectivity index (χ4v) is 4.33. The van der Waals surface area contributed by atoms with Crippen molar-refractivity contribution in [3.63, 3.8) is 0 Å². The highest BCUT2D eigenvalue weighted by Crippen LogP contribution is 2.32. The Bertz CT molecular complexity index is 750. The molecule has 0 bridgehead atoms. The SMILES string of the molecule is Cc1c(S(=O)(=O)N2CCCc3ccccc32)cnn1C. The summed E-state index contributed by atoms with van der Waals surface area (Å²) in [6.45, 7) is 2.30. The van der Waals surface area contributed by atoms with Gasteiger partial charge in [-0.1, -0.05) is 18.2 Å². The van der Waals surface area contributed by atoms with E-state index in [-0.39, 0.29) is 4.90 Å². The van der Waals surface area contributed by atoms with Gasteiger partial charge in [0.15, 0.2) is 0 Å². The van der Waals surface area contributed by atoms with Gasteiger partial charge in [-0.05, 0) is 31.4 Å². The zero-order valence-electron chi connectivity index (χ0n) is 11.6. The maximum atomic E-state index is 12.9. The van der Waals surface area contributed by atoms with Crippen LogP contribution in [0.4, 0.5) is 5.69 Å². The van der Waals surface area contributed by atoms with E-state index in [1.807, 2.05) is 24.3 Å². The lowest BCUT2D eigenvalue weighted by atomic mass is 10.0. The molecule has 2 aromatic rings. The second-order valence-corrected chi connectivity index (χ2v) is 6.86. The molecule has 0 amide bonds. The van der Waals surface area contributed by atoms with Gasteiger partial charge in [-0.3, -0.25) is 8.99 Å². The van der Waals surface area contributed by atoms with Crippen molar-refractivity contribution in [2.24, 2.45) is 7.05 Å². The molecule has 0 atom stereocenters. The molecule has 5 nitrogen and oxygen atoms in total. The lowest BCUT2D eigenvalue weighted by Gasteiger charge is -2.30. The van der Waals surface area contributed by atoms with Crippen LogP contribution in [0.5, 0.6) is 0 Å². The quantitative estimate of drug-likeness (QED) is 0.849. The summed E-state index contributed by atoms with van der Waals surface area (Å²) in [7, 11) is -1.79. The summed E-state index contributed by atoms with van der Waals surface area (Å²) in [4.78, 5) is 0.289. The number of para-hydroxylation sites is 1. The normalized spacial score (nSPS) is 15.2. The van der Waals surface area contributed by atoms with Gasteiger partial charge in [0.2, 0.25) is 0 Å². The first-order chi connectivity index (χ1) is 9.51. The molecule has 1 aliphatic heterocycles. The highest BCUT2D eigenvalue weighted by atomic mass is 32.2. The van der Waals surface area contributed by atoms with Crippen LogP contribution in [0, 0.1) is 6.92 Å². The summed E-state index contributed by atoms with van der Waals surface area (Å²) in [5.74, 6) is 0. The first-order valence-corrected chi connectivity index (χ1v) is 8.05. The minimum absolute atomic E-state index is 0.289. The number of nitrogens with zero attached hydrogens (tertiary/aromatic N) is 3. The molecule has 0 spiro atoms. The van der Waals surface area contributed by atoms with Crippen LogP contribution in [0.25, 0.3) is 0 Å². The number of benzene rings is 1. The van der Waals surface area contributed by atoms with Crippen molar-refractivity contribution in [1.29, 1.82) is 0 Å². The molecule has 1 aromatic carbocycles. The summed E-state index contributed by atoms with van der Waals surface area (Å²) in [5, 5.41) is 4.04. The minimum Gasteiger partial charge on any atom is -0.272 e. The van der Waals surface area contributed by atoms with Gasteiger partial charge in [0.1, 0.15) is 4.90 Å². The maximum absolute atomic E-state index is 12.9. The predicted molar refractivity (Wildman–Crippen MR) is 77.2 cm³/mol. The lowest BCUT2D eigenvalue weighted by molar-refractivity contribution is 0.585. The van der Waals surface area contributed by atoms with Crippen LogP contribution in [0.15, 0.2) is 35.4 Å². The van der Waals surface area contributed by atoms with Gasteiger partial charge in [-0.2, -0.15) is 5.10 Å². The summed E-state index contributed by atoms with van der Waals surface area (Å²) in [6.07, 6.45) is 3.20. The van der Waals surface area contributed by atoms with Crippen molar-refractivity contribution in [2.75, 3.05) is 10.8 Å². The lowest BCUT2D eigenvalue weighted by Crippen LogP contribution is -2.35. The van der Waals surface area contributed by atoms with E-state index in [9.17, 15) is 8.42 Å². The third kappa shape index (κ3) is 1.91. The van der Waals surface area contributed by atoms with E-state index in [0.29, 0.717) is 12.2 Å². The number of hydrogen-bond acceptors (Lipinski definition) is 3. The van der Waals surface area contributed by atoms with Gasteiger partial charge < -0.3 is 0 Å². The molecule has 2 heterocycles. The first-order valence-electron chi connectivity index (χ1n) is 6.61. The molecule has 0 fully saturated rings. The summed E-state index contributed by atoms with van der Waals surface area (Å²) in [5.41, 5.74) is 2.54. The summed E-state index contributed by atoms with van der Waals surface area (Å²) >= 11 is 0. The Balaban J connectivity index is 2.12. The van der Waals surface area contributed by atoms with Crippen molar-refractivity contribution in [1.82, 2.24) is 9.78 Å². The third-order valence-corrected chi connectivity index (χ3v) is 5.74. The van der Waals surface area contributed by atoms with Gasteiger partial charge in [0, 0.05) is 13.6 Å². The molecule has 0 unspecified atom stereocenters. The molecule has 0 aliphatic carbocycles. The Hall–Kier alpha value is -1.82. The van der Waals surface area contributed by atoms with E-state index < -0.39 is 10.0 Å². The fraction of sp³-hybridized carbons (Fsp3) is 0.357. The first kappa shape index (κ1) is 13.2. The van der Waals surface area contributed by atoms with Crippen LogP contribution in [0.3, 0.4) is 0 Å². The van der Waals surface area contributed by atoms with Crippen LogP contribution < -0.4 is 4.31 Å². The molecule has 1 aromatic heterocycles. The zero-order valence-corrected chi connectivity index (χ0v) is 12.4. The maximum Gasteiger partial charge on any atom is 0.267 e. The van der Waals surface area contributed by atoms with Crippen LogP contribution in [-0.2, 0) is 23.5 Å². The van der Waals surface area contributed by atoms with E-state index in [2.05, 4.69) is 5.10 Å². The smallest absolute Gasteiger partial charge is 0.267 e. The molecule has 0 radical (unpaired) electrons. The molecule has 106 valence electrons. The average molecular weight is 291 g/mol. The largest absolute Gasteiger partial charge is 0.272 e. The van der Waals surface area contributed by atoms with Gasteiger partial charge in [-0.15, -0.1) is 0 Å². The molecule has 3 rings (SSSR count). The molecule has 6 heteroatoms. The van der Waals surface area contributed by atoms with Gasteiger partial charge in [-0.25, -0.2) is 8.42 Å². The van der Waals surface area contributed by atoms with Crippen LogP contribution in [-0.4, -0.2) is 24.7 Å². The highest BCUT2D eigenvalue weighted by molar-refractivity contribution is 7.92. The van der Waals surface area contributed by atoms with E-state index in [4.69, 9.17) is 0 Å². The Kier molecular flexibility index (Phi) is 3.05. The number of rotatable bonds is 2. The van der Waals surface area contributed by atoms with E-state index in [1.165, 1.54) is 10.5 Å². The zero-order chi connectivity index (χ0) is 14.3. The predicted octanol–water partition coefficient (Wildman–Crippen LogP) is 1.87. The molecule has 0 saturated carbocycles. The van der Waals surface area contributed by atoms with Gasteiger partial charge >= 0.3 is 0 Å². The monoisotopic (exact) mass is 291 g/mol. The number of anilines is 1. The van der Waals surface area contributed by atoms with Crippen LogP contribution in [0.1, 0.15) is 17.7 Å². The highest BCUT2D eigenvalue weighted by Gasteiger charge is 2.31. The number of hydrogen-bond donors (Lipinski definition) is 0. The summed E-state index contributed by atoms with van der Waals surface area (Å²) < 4.78 is 28.8. The third-order valence-electron chi connectivity index (χ3n) is 3.83.